The largest absolute Gasteiger partial charge is 0.758 e. The smallest absolute Gasteiger partial charge is 0.131 e. The summed E-state index contributed by atoms with van der Waals surface area (Å²) in [6.07, 6.45) is 8.37. The highest BCUT2D eigenvalue weighted by Gasteiger charge is 2.43. The molecule has 0 spiro atoms. The van der Waals surface area contributed by atoms with Crippen molar-refractivity contribution < 1.29 is 9.84 Å². The molecule has 1 aromatic carbocycles. The van der Waals surface area contributed by atoms with Gasteiger partial charge in [-0.1, -0.05) is 41.5 Å². The van der Waals surface area contributed by atoms with Crippen molar-refractivity contribution in [2.45, 2.75) is 84.5 Å². The molecular formula is C25H34NO3-. The predicted molar refractivity (Wildman–Crippen MR) is 120 cm³/mol. The Hall–Kier alpha value is -2.04. The number of rotatable bonds is 7. The third-order valence-electron chi connectivity index (χ3n) is 6.08. The molecule has 0 bridgehead atoms. The molecule has 4 heteroatoms. The first-order valence-corrected chi connectivity index (χ1v) is 10.7. The van der Waals surface area contributed by atoms with Crippen LogP contribution >= 0.6 is 0 Å². The lowest BCUT2D eigenvalue weighted by Crippen LogP contribution is -2.40. The average Bonchev–Trinajstić information content (AvgIpc) is 3.12. The molecule has 0 amide bonds. The van der Waals surface area contributed by atoms with E-state index in [0.717, 1.165) is 41.2 Å². The van der Waals surface area contributed by atoms with Crippen LogP contribution in [0.3, 0.4) is 0 Å². The van der Waals surface area contributed by atoms with Crippen LogP contribution in [0.15, 0.2) is 53.3 Å². The van der Waals surface area contributed by atoms with Crippen LogP contribution in [0, 0.1) is 5.21 Å². The van der Waals surface area contributed by atoms with Crippen molar-refractivity contribution in [3.05, 3.63) is 64.1 Å². The molecule has 2 aliphatic rings. The minimum absolute atomic E-state index is 0.325. The molecule has 1 N–H and O–H groups in total. The van der Waals surface area contributed by atoms with Gasteiger partial charge in [-0.2, -0.15) is 0 Å². The Labute approximate surface area is 175 Å². The van der Waals surface area contributed by atoms with E-state index in [0.29, 0.717) is 18.5 Å². The average molecular weight is 397 g/mol. The number of para-hydroxylation sites is 1. The third kappa shape index (κ3) is 4.76. The van der Waals surface area contributed by atoms with Gasteiger partial charge >= 0.3 is 0 Å². The van der Waals surface area contributed by atoms with Crippen molar-refractivity contribution in [1.29, 1.82) is 0 Å². The predicted octanol–water partition coefficient (Wildman–Crippen LogP) is 6.12. The molecule has 29 heavy (non-hydrogen) atoms. The van der Waals surface area contributed by atoms with Gasteiger partial charge in [0.15, 0.2) is 0 Å². The highest BCUT2D eigenvalue weighted by molar-refractivity contribution is 5.84. The van der Waals surface area contributed by atoms with Crippen LogP contribution in [-0.4, -0.2) is 22.9 Å². The maximum absolute atomic E-state index is 12.6. The topological polar surface area (TPSA) is 55.8 Å². The Bertz CT molecular complexity index is 830. The fourth-order valence-electron chi connectivity index (χ4n) is 4.19. The van der Waals surface area contributed by atoms with Crippen LogP contribution in [0.4, 0.5) is 5.69 Å². The molecule has 4 nitrogen and oxygen atoms in total. The zero-order valence-corrected chi connectivity index (χ0v) is 18.4. The van der Waals surface area contributed by atoms with Crippen LogP contribution in [-0.2, 0) is 4.74 Å². The number of fused-ring (bicyclic) bond motifs is 2. The number of hydroxylamine groups is 1. The van der Waals surface area contributed by atoms with Crippen molar-refractivity contribution in [3.8, 4) is 0 Å². The summed E-state index contributed by atoms with van der Waals surface area (Å²) in [5.41, 5.74) is 4.45. The molecule has 0 saturated heterocycles. The van der Waals surface area contributed by atoms with E-state index in [-0.39, 0.29) is 12.1 Å². The first-order valence-electron chi connectivity index (χ1n) is 10.7. The number of ether oxygens (including phenoxy) is 1. The van der Waals surface area contributed by atoms with Crippen molar-refractivity contribution in [1.82, 2.24) is 0 Å². The summed E-state index contributed by atoms with van der Waals surface area (Å²) in [5, 5.41) is 24.8. The molecule has 158 valence electrons. The van der Waals surface area contributed by atoms with E-state index in [1.54, 1.807) is 0 Å². The van der Waals surface area contributed by atoms with Crippen LogP contribution in [0.1, 0.15) is 72.3 Å². The second-order valence-electron chi connectivity index (χ2n) is 8.94. The monoisotopic (exact) mass is 396 g/mol. The molecule has 2 heterocycles. The van der Waals surface area contributed by atoms with Gasteiger partial charge in [0.05, 0.1) is 11.6 Å². The number of allylic oxidation sites excluding steroid dienone is 4. The Morgan fingerprint density at radius 1 is 1.24 bits per heavy atom. The van der Waals surface area contributed by atoms with Gasteiger partial charge < -0.3 is 20.1 Å². The number of aliphatic hydroxyl groups is 1. The van der Waals surface area contributed by atoms with Crippen LogP contribution in [0.2, 0.25) is 0 Å². The van der Waals surface area contributed by atoms with Crippen LogP contribution < -0.4 is 5.06 Å². The summed E-state index contributed by atoms with van der Waals surface area (Å²) < 4.78 is 6.18. The fraction of sp³-hybridized carbons (Fsp3) is 0.520. The van der Waals surface area contributed by atoms with E-state index in [4.69, 9.17) is 4.74 Å². The first-order chi connectivity index (χ1) is 13.7. The minimum atomic E-state index is -0.948. The summed E-state index contributed by atoms with van der Waals surface area (Å²) in [6.45, 7) is 10.1. The number of hydrogen-bond acceptors (Lipinski definition) is 4. The number of nitrogens with zero attached hydrogens (tertiary/aromatic N) is 1. The van der Waals surface area contributed by atoms with Crippen molar-refractivity contribution >= 4 is 11.3 Å². The second kappa shape index (κ2) is 8.76. The molecule has 0 fully saturated rings. The molecule has 3 rings (SSSR count). The summed E-state index contributed by atoms with van der Waals surface area (Å²) >= 11 is 0. The maximum Gasteiger partial charge on any atom is 0.131 e. The van der Waals surface area contributed by atoms with E-state index >= 15 is 0 Å². The van der Waals surface area contributed by atoms with Crippen molar-refractivity contribution in [3.63, 3.8) is 0 Å². The van der Waals surface area contributed by atoms with Crippen LogP contribution in [0.25, 0.3) is 5.57 Å². The SMILES string of the molecule is CC(C)=CCC/C(C)=C/CC[C@](C)(O)[C@H]1CC2=C(O1)C(C)N([O-])c1ccccc12. The van der Waals surface area contributed by atoms with Crippen LogP contribution in [0.5, 0.6) is 0 Å². The Kier molecular flexibility index (Phi) is 6.55. The molecule has 1 aromatic rings. The normalized spacial score (nSPS) is 23.3. The highest BCUT2D eigenvalue weighted by atomic mass is 16.5. The molecule has 0 aromatic heterocycles. The fourth-order valence-corrected chi connectivity index (χ4v) is 4.19. The minimum Gasteiger partial charge on any atom is -0.758 e. The third-order valence-corrected chi connectivity index (χ3v) is 6.08. The van der Waals surface area contributed by atoms with Gasteiger partial charge in [0.2, 0.25) is 0 Å². The summed E-state index contributed by atoms with van der Waals surface area (Å²) in [6, 6.07) is 7.30. The second-order valence-corrected chi connectivity index (χ2v) is 8.94. The van der Waals surface area contributed by atoms with E-state index in [2.05, 4.69) is 32.9 Å². The summed E-state index contributed by atoms with van der Waals surface area (Å²) in [7, 11) is 0. The quantitative estimate of drug-likeness (QED) is 0.564. The van der Waals surface area contributed by atoms with Gasteiger partial charge in [0.1, 0.15) is 11.9 Å². The number of hydrogen-bond donors (Lipinski definition) is 1. The lowest BCUT2D eigenvalue weighted by molar-refractivity contribution is -0.0701. The standard InChI is InChI=1S/C25H34NO3/c1-17(2)10-8-11-18(3)12-9-15-25(5,27)23-16-21-20-13-6-7-14-22(20)26(28)19(4)24(21)29-23/h6-7,10,12-14,19,23,27H,8-9,11,15-16H2,1-5H3/q-1/b18-12+/t19?,23-,25+/m1/s1. The maximum atomic E-state index is 12.6. The zero-order chi connectivity index (χ0) is 21.2. The van der Waals surface area contributed by atoms with E-state index in [9.17, 15) is 10.3 Å². The van der Waals surface area contributed by atoms with Gasteiger partial charge in [-0.3, -0.25) is 0 Å². The molecule has 0 saturated carbocycles. The molecule has 2 aliphatic heterocycles. The Balaban J connectivity index is 1.63. The van der Waals surface area contributed by atoms with E-state index < -0.39 is 5.60 Å². The molecule has 3 atom stereocenters. The van der Waals surface area contributed by atoms with Gasteiger partial charge in [0, 0.05) is 23.2 Å². The van der Waals surface area contributed by atoms with Gasteiger partial charge in [-0.15, -0.1) is 0 Å². The number of benzene rings is 1. The van der Waals surface area contributed by atoms with E-state index in [1.807, 2.05) is 38.1 Å². The summed E-state index contributed by atoms with van der Waals surface area (Å²) in [5.74, 6) is 0.720. The molecule has 0 aliphatic carbocycles. The van der Waals surface area contributed by atoms with Gasteiger partial charge in [-0.05, 0) is 66.4 Å². The highest BCUT2D eigenvalue weighted by Crippen LogP contribution is 2.47. The lowest BCUT2D eigenvalue weighted by Gasteiger charge is -2.42. The zero-order valence-electron chi connectivity index (χ0n) is 18.4. The van der Waals surface area contributed by atoms with Gasteiger partial charge in [0.25, 0.3) is 0 Å². The molecular weight excluding hydrogens is 362 g/mol. The Morgan fingerprint density at radius 3 is 2.69 bits per heavy atom. The molecule has 0 radical (unpaired) electrons. The summed E-state index contributed by atoms with van der Waals surface area (Å²) in [4.78, 5) is 0. The molecule has 1 unspecified atom stereocenters. The lowest BCUT2D eigenvalue weighted by atomic mass is 9.87. The Morgan fingerprint density at radius 2 is 1.97 bits per heavy atom. The van der Waals surface area contributed by atoms with Crippen molar-refractivity contribution in [2.75, 3.05) is 5.06 Å². The van der Waals surface area contributed by atoms with E-state index in [1.165, 1.54) is 11.1 Å². The van der Waals surface area contributed by atoms with Crippen molar-refractivity contribution in [2.24, 2.45) is 0 Å². The number of anilines is 1. The van der Waals surface area contributed by atoms with Gasteiger partial charge in [-0.25, -0.2) is 0 Å². The first kappa shape index (κ1) is 21.7.